The van der Waals surface area contributed by atoms with Crippen LogP contribution in [0.4, 0.5) is 0 Å². The van der Waals surface area contributed by atoms with E-state index in [0.29, 0.717) is 6.54 Å². The lowest BCUT2D eigenvalue weighted by molar-refractivity contribution is -0.127. The van der Waals surface area contributed by atoms with Crippen molar-refractivity contribution in [3.63, 3.8) is 0 Å². The Kier molecular flexibility index (Phi) is 4.53. The fraction of sp³-hybridized carbons (Fsp3) is 0.600. The Morgan fingerprint density at radius 2 is 2.16 bits per heavy atom. The Labute approximate surface area is 114 Å². The van der Waals surface area contributed by atoms with Crippen LogP contribution in [-0.2, 0) is 17.8 Å². The van der Waals surface area contributed by atoms with Crippen LogP contribution in [0.3, 0.4) is 0 Å². The predicted molar refractivity (Wildman–Crippen MR) is 75.5 cm³/mol. The fourth-order valence-electron chi connectivity index (χ4n) is 2.70. The monoisotopic (exact) mass is 261 g/mol. The van der Waals surface area contributed by atoms with E-state index in [1.54, 1.807) is 6.20 Å². The molecule has 0 aromatic carbocycles. The minimum atomic E-state index is -0.667. The SMILES string of the molecule is CCc1cccnc1CNC(=O)C1(N)CCCCC1. The lowest BCUT2D eigenvalue weighted by Crippen LogP contribution is -2.54. The maximum atomic E-state index is 12.2. The van der Waals surface area contributed by atoms with Gasteiger partial charge in [0.25, 0.3) is 0 Å². The number of hydrogen-bond acceptors (Lipinski definition) is 3. The van der Waals surface area contributed by atoms with E-state index in [4.69, 9.17) is 5.73 Å². The largest absolute Gasteiger partial charge is 0.349 e. The Balaban J connectivity index is 1.96. The third kappa shape index (κ3) is 3.32. The lowest BCUT2D eigenvalue weighted by Gasteiger charge is -2.31. The zero-order chi connectivity index (χ0) is 13.7. The zero-order valence-electron chi connectivity index (χ0n) is 11.6. The van der Waals surface area contributed by atoms with Crippen LogP contribution in [0, 0.1) is 0 Å². The van der Waals surface area contributed by atoms with Crippen LogP contribution in [0.1, 0.15) is 50.3 Å². The van der Waals surface area contributed by atoms with Crippen molar-refractivity contribution in [2.75, 3.05) is 0 Å². The van der Waals surface area contributed by atoms with Gasteiger partial charge in [-0.1, -0.05) is 32.3 Å². The van der Waals surface area contributed by atoms with E-state index in [1.807, 2.05) is 12.1 Å². The van der Waals surface area contributed by atoms with Gasteiger partial charge in [-0.05, 0) is 30.9 Å². The number of amides is 1. The van der Waals surface area contributed by atoms with E-state index >= 15 is 0 Å². The summed E-state index contributed by atoms with van der Waals surface area (Å²) in [5.41, 5.74) is 7.66. The van der Waals surface area contributed by atoms with Gasteiger partial charge in [0.05, 0.1) is 17.8 Å². The molecule has 0 aliphatic heterocycles. The van der Waals surface area contributed by atoms with Crippen molar-refractivity contribution in [3.05, 3.63) is 29.6 Å². The highest BCUT2D eigenvalue weighted by Gasteiger charge is 2.34. The number of aromatic nitrogens is 1. The molecule has 1 fully saturated rings. The fourth-order valence-corrected chi connectivity index (χ4v) is 2.70. The molecule has 3 N–H and O–H groups in total. The molecule has 0 atom stereocenters. The highest BCUT2D eigenvalue weighted by molar-refractivity contribution is 5.86. The normalized spacial score (nSPS) is 18.0. The average molecular weight is 261 g/mol. The molecule has 0 bridgehead atoms. The van der Waals surface area contributed by atoms with Crippen LogP contribution in [0.25, 0.3) is 0 Å². The summed E-state index contributed by atoms with van der Waals surface area (Å²) in [6, 6.07) is 3.98. The van der Waals surface area contributed by atoms with E-state index in [2.05, 4.69) is 17.2 Å². The second-order valence-electron chi connectivity index (χ2n) is 5.36. The van der Waals surface area contributed by atoms with Gasteiger partial charge in [0, 0.05) is 6.20 Å². The first-order valence-electron chi connectivity index (χ1n) is 7.15. The maximum absolute atomic E-state index is 12.2. The lowest BCUT2D eigenvalue weighted by atomic mass is 9.82. The first-order chi connectivity index (χ1) is 9.15. The Hall–Kier alpha value is -1.42. The van der Waals surface area contributed by atoms with Gasteiger partial charge in [0.2, 0.25) is 5.91 Å². The number of aryl methyl sites for hydroxylation is 1. The number of nitrogens with two attached hydrogens (primary N) is 1. The molecule has 4 heteroatoms. The molecule has 1 aromatic heterocycles. The van der Waals surface area contributed by atoms with Crippen LogP contribution in [0.15, 0.2) is 18.3 Å². The van der Waals surface area contributed by atoms with Crippen LogP contribution in [-0.4, -0.2) is 16.4 Å². The van der Waals surface area contributed by atoms with Gasteiger partial charge in [0.1, 0.15) is 0 Å². The van der Waals surface area contributed by atoms with Gasteiger partial charge in [0.15, 0.2) is 0 Å². The summed E-state index contributed by atoms with van der Waals surface area (Å²) in [7, 11) is 0. The summed E-state index contributed by atoms with van der Waals surface area (Å²) in [5.74, 6) is -0.0279. The van der Waals surface area contributed by atoms with Crippen molar-refractivity contribution in [3.8, 4) is 0 Å². The molecule has 1 aliphatic rings. The number of carbonyl (C=O) groups is 1. The molecule has 1 aromatic rings. The minimum absolute atomic E-state index is 0.0279. The molecule has 0 spiro atoms. The number of nitrogens with one attached hydrogen (secondary N) is 1. The van der Waals surface area contributed by atoms with Gasteiger partial charge in [-0.2, -0.15) is 0 Å². The summed E-state index contributed by atoms with van der Waals surface area (Å²) in [6.07, 6.45) is 7.56. The molecule has 1 saturated carbocycles. The maximum Gasteiger partial charge on any atom is 0.240 e. The number of nitrogens with zero attached hydrogens (tertiary/aromatic N) is 1. The van der Waals surface area contributed by atoms with E-state index in [-0.39, 0.29) is 5.91 Å². The Morgan fingerprint density at radius 3 is 2.84 bits per heavy atom. The molecular weight excluding hydrogens is 238 g/mol. The molecule has 0 radical (unpaired) electrons. The van der Waals surface area contributed by atoms with Crippen molar-refractivity contribution < 1.29 is 4.79 Å². The summed E-state index contributed by atoms with van der Waals surface area (Å²) in [4.78, 5) is 16.6. The molecule has 104 valence electrons. The predicted octanol–water partition coefficient (Wildman–Crippen LogP) is 1.92. The molecule has 1 amide bonds. The first-order valence-corrected chi connectivity index (χ1v) is 7.15. The number of hydrogen-bond donors (Lipinski definition) is 2. The Morgan fingerprint density at radius 1 is 1.42 bits per heavy atom. The van der Waals surface area contributed by atoms with Crippen molar-refractivity contribution in [1.29, 1.82) is 0 Å². The first kappa shape index (κ1) is 14.0. The number of rotatable bonds is 4. The topological polar surface area (TPSA) is 68.0 Å². The van der Waals surface area contributed by atoms with Gasteiger partial charge < -0.3 is 11.1 Å². The van der Waals surface area contributed by atoms with Crippen molar-refractivity contribution in [1.82, 2.24) is 10.3 Å². The van der Waals surface area contributed by atoms with Crippen LogP contribution in [0.2, 0.25) is 0 Å². The van der Waals surface area contributed by atoms with Crippen LogP contribution < -0.4 is 11.1 Å². The average Bonchev–Trinajstić information content (AvgIpc) is 2.45. The van der Waals surface area contributed by atoms with Gasteiger partial charge >= 0.3 is 0 Å². The van der Waals surface area contributed by atoms with Gasteiger partial charge in [-0.3, -0.25) is 9.78 Å². The molecule has 1 heterocycles. The van der Waals surface area contributed by atoms with E-state index < -0.39 is 5.54 Å². The summed E-state index contributed by atoms with van der Waals surface area (Å²) in [5, 5.41) is 2.96. The molecule has 0 saturated heterocycles. The Bertz CT molecular complexity index is 439. The second-order valence-corrected chi connectivity index (χ2v) is 5.36. The molecule has 0 unspecified atom stereocenters. The van der Waals surface area contributed by atoms with Crippen molar-refractivity contribution >= 4 is 5.91 Å². The summed E-state index contributed by atoms with van der Waals surface area (Å²) in [6.45, 7) is 2.57. The zero-order valence-corrected chi connectivity index (χ0v) is 11.6. The quantitative estimate of drug-likeness (QED) is 0.870. The van der Waals surface area contributed by atoms with Gasteiger partial charge in [-0.25, -0.2) is 0 Å². The number of carbonyl (C=O) groups excluding carboxylic acids is 1. The van der Waals surface area contributed by atoms with E-state index in [1.165, 1.54) is 12.0 Å². The molecule has 2 rings (SSSR count). The molecule has 4 nitrogen and oxygen atoms in total. The molecule has 19 heavy (non-hydrogen) atoms. The molecular formula is C15H23N3O. The second kappa shape index (κ2) is 6.15. The highest BCUT2D eigenvalue weighted by atomic mass is 16.2. The summed E-state index contributed by atoms with van der Waals surface area (Å²) < 4.78 is 0. The van der Waals surface area contributed by atoms with E-state index in [0.717, 1.165) is 37.8 Å². The third-order valence-corrected chi connectivity index (χ3v) is 3.98. The van der Waals surface area contributed by atoms with Crippen LogP contribution >= 0.6 is 0 Å². The highest BCUT2D eigenvalue weighted by Crippen LogP contribution is 2.26. The smallest absolute Gasteiger partial charge is 0.240 e. The standard InChI is InChI=1S/C15H23N3O/c1-2-12-7-6-10-17-13(12)11-18-14(19)15(16)8-4-3-5-9-15/h6-7,10H,2-5,8-9,11,16H2,1H3,(H,18,19). The minimum Gasteiger partial charge on any atom is -0.349 e. The van der Waals surface area contributed by atoms with Crippen molar-refractivity contribution in [2.45, 2.75) is 57.5 Å². The van der Waals surface area contributed by atoms with E-state index in [9.17, 15) is 4.79 Å². The number of pyridine rings is 1. The van der Waals surface area contributed by atoms with Gasteiger partial charge in [-0.15, -0.1) is 0 Å². The van der Waals surface area contributed by atoms with Crippen molar-refractivity contribution in [2.24, 2.45) is 5.73 Å². The molecule has 1 aliphatic carbocycles. The van der Waals surface area contributed by atoms with Crippen LogP contribution in [0.5, 0.6) is 0 Å². The third-order valence-electron chi connectivity index (χ3n) is 3.98. The summed E-state index contributed by atoms with van der Waals surface area (Å²) >= 11 is 0.